The second-order valence-electron chi connectivity index (χ2n) is 8.64. The van der Waals surface area contributed by atoms with Gasteiger partial charge in [0.05, 0.1) is 27.0 Å². The standard InChI is InChI=1S/C26H32N2O5S/c1-31-20-9-7-8-19(16-20)18-26(25(30)33-3)24(29)28(15-14-27-12-5-4-6-13-27)22-11-10-21(32-2)17-23(22)34-26/h7-11,16-17H,4-6,12-15,18H2,1-3H3. The number of hydrogen-bond acceptors (Lipinski definition) is 7. The Morgan fingerprint density at radius 1 is 0.971 bits per heavy atom. The van der Waals surface area contributed by atoms with Crippen molar-refractivity contribution in [2.75, 3.05) is 52.4 Å². The van der Waals surface area contributed by atoms with Crippen LogP contribution in [0.2, 0.25) is 0 Å². The van der Waals surface area contributed by atoms with E-state index in [0.717, 1.165) is 35.8 Å². The van der Waals surface area contributed by atoms with Crippen LogP contribution in [0.1, 0.15) is 24.8 Å². The molecule has 182 valence electrons. The molecule has 0 aliphatic carbocycles. The zero-order valence-electron chi connectivity index (χ0n) is 20.0. The van der Waals surface area contributed by atoms with Crippen LogP contribution in [0, 0.1) is 0 Å². The summed E-state index contributed by atoms with van der Waals surface area (Å²) < 4.78 is 14.6. The zero-order valence-corrected chi connectivity index (χ0v) is 20.9. The number of esters is 1. The van der Waals surface area contributed by atoms with Gasteiger partial charge in [0.2, 0.25) is 4.75 Å². The van der Waals surface area contributed by atoms with E-state index in [0.29, 0.717) is 18.0 Å². The molecule has 1 atom stereocenters. The second-order valence-corrected chi connectivity index (χ2v) is 9.98. The number of thioether (sulfide) groups is 1. The number of piperidine rings is 1. The number of benzene rings is 2. The van der Waals surface area contributed by atoms with Crippen molar-refractivity contribution in [1.82, 2.24) is 4.90 Å². The molecule has 0 spiro atoms. The lowest BCUT2D eigenvalue weighted by Crippen LogP contribution is -2.57. The van der Waals surface area contributed by atoms with Crippen molar-refractivity contribution in [3.63, 3.8) is 0 Å². The summed E-state index contributed by atoms with van der Waals surface area (Å²) in [6.07, 6.45) is 3.81. The molecule has 2 aliphatic rings. The van der Waals surface area contributed by atoms with Gasteiger partial charge >= 0.3 is 5.97 Å². The first-order chi connectivity index (χ1) is 16.5. The number of hydrogen-bond donors (Lipinski definition) is 0. The van der Waals surface area contributed by atoms with E-state index in [9.17, 15) is 9.59 Å². The minimum absolute atomic E-state index is 0.192. The summed E-state index contributed by atoms with van der Waals surface area (Å²) in [5, 5.41) is 0. The topological polar surface area (TPSA) is 68.3 Å². The van der Waals surface area contributed by atoms with Gasteiger partial charge in [-0.25, -0.2) is 4.79 Å². The number of anilines is 1. The molecule has 1 fully saturated rings. The summed E-state index contributed by atoms with van der Waals surface area (Å²) in [6, 6.07) is 13.1. The number of carbonyl (C=O) groups is 2. The molecule has 2 heterocycles. The summed E-state index contributed by atoms with van der Waals surface area (Å²) in [7, 11) is 4.54. The normalized spacial score (nSPS) is 20.6. The number of rotatable bonds is 8. The second kappa shape index (κ2) is 10.7. The quantitative estimate of drug-likeness (QED) is 0.417. The molecule has 1 unspecified atom stereocenters. The number of fused-ring (bicyclic) bond motifs is 1. The van der Waals surface area contributed by atoms with Gasteiger partial charge in [0, 0.05) is 24.4 Å². The lowest BCUT2D eigenvalue weighted by atomic mass is 9.95. The Kier molecular flexibility index (Phi) is 7.68. The van der Waals surface area contributed by atoms with E-state index in [1.54, 1.807) is 19.1 Å². The summed E-state index contributed by atoms with van der Waals surface area (Å²) in [6.45, 7) is 3.35. The SMILES string of the molecule is COC(=O)C1(Cc2cccc(OC)c2)Sc2cc(OC)ccc2N(CCN2CCCCC2)C1=O. The third kappa shape index (κ3) is 4.88. The van der Waals surface area contributed by atoms with Gasteiger partial charge in [-0.1, -0.05) is 30.3 Å². The molecule has 0 saturated carbocycles. The van der Waals surface area contributed by atoms with Crippen LogP contribution in [0.25, 0.3) is 0 Å². The number of amides is 1. The molecule has 4 rings (SSSR count). The molecule has 0 radical (unpaired) electrons. The van der Waals surface area contributed by atoms with Crippen molar-refractivity contribution in [2.24, 2.45) is 0 Å². The van der Waals surface area contributed by atoms with Crippen LogP contribution in [-0.2, 0) is 20.7 Å². The van der Waals surface area contributed by atoms with Gasteiger partial charge in [-0.15, -0.1) is 0 Å². The first kappa shape index (κ1) is 24.4. The van der Waals surface area contributed by atoms with Gasteiger partial charge in [0.25, 0.3) is 5.91 Å². The Labute approximate surface area is 205 Å². The summed E-state index contributed by atoms with van der Waals surface area (Å²) in [5.41, 5.74) is 1.63. The molecule has 1 amide bonds. The lowest BCUT2D eigenvalue weighted by Gasteiger charge is -2.41. The predicted molar refractivity (Wildman–Crippen MR) is 133 cm³/mol. The number of likely N-dealkylation sites (tertiary alicyclic amines) is 1. The Hall–Kier alpha value is -2.71. The lowest BCUT2D eigenvalue weighted by molar-refractivity contribution is -0.147. The van der Waals surface area contributed by atoms with Crippen molar-refractivity contribution >= 4 is 29.3 Å². The summed E-state index contributed by atoms with van der Waals surface area (Å²) >= 11 is 1.25. The number of carbonyl (C=O) groups excluding carboxylic acids is 2. The van der Waals surface area contributed by atoms with Crippen molar-refractivity contribution in [3.05, 3.63) is 48.0 Å². The van der Waals surface area contributed by atoms with Crippen molar-refractivity contribution in [2.45, 2.75) is 35.3 Å². The predicted octanol–water partition coefficient (Wildman–Crippen LogP) is 3.78. The highest BCUT2D eigenvalue weighted by molar-refractivity contribution is 8.02. The first-order valence-corrected chi connectivity index (χ1v) is 12.4. The fourth-order valence-electron chi connectivity index (χ4n) is 4.68. The smallest absolute Gasteiger partial charge is 0.332 e. The van der Waals surface area contributed by atoms with Gasteiger partial charge in [-0.3, -0.25) is 4.79 Å². The van der Waals surface area contributed by atoms with Crippen LogP contribution in [0.15, 0.2) is 47.4 Å². The fourth-order valence-corrected chi connectivity index (χ4v) is 6.12. The maximum atomic E-state index is 14.1. The number of methoxy groups -OCH3 is 3. The van der Waals surface area contributed by atoms with Crippen LogP contribution in [0.5, 0.6) is 11.5 Å². The average Bonchev–Trinajstić information content (AvgIpc) is 2.88. The fraction of sp³-hybridized carbons (Fsp3) is 0.462. The molecule has 2 aliphatic heterocycles. The van der Waals surface area contributed by atoms with E-state index in [2.05, 4.69) is 4.90 Å². The van der Waals surface area contributed by atoms with Crippen LogP contribution >= 0.6 is 11.8 Å². The van der Waals surface area contributed by atoms with E-state index < -0.39 is 10.7 Å². The van der Waals surface area contributed by atoms with Gasteiger partial charge in [0.15, 0.2) is 0 Å². The molecule has 0 bridgehead atoms. The zero-order chi connectivity index (χ0) is 24.1. The van der Waals surface area contributed by atoms with Crippen LogP contribution < -0.4 is 14.4 Å². The minimum Gasteiger partial charge on any atom is -0.497 e. The van der Waals surface area contributed by atoms with Crippen molar-refractivity contribution < 1.29 is 23.8 Å². The first-order valence-electron chi connectivity index (χ1n) is 11.6. The van der Waals surface area contributed by atoms with E-state index in [1.807, 2.05) is 42.5 Å². The van der Waals surface area contributed by atoms with Gasteiger partial charge < -0.3 is 24.0 Å². The minimum atomic E-state index is -1.44. The summed E-state index contributed by atoms with van der Waals surface area (Å²) in [4.78, 5) is 32.4. The van der Waals surface area contributed by atoms with Gasteiger partial charge in [0.1, 0.15) is 11.5 Å². The third-order valence-corrected chi connectivity index (χ3v) is 7.90. The molecular formula is C26H32N2O5S. The highest BCUT2D eigenvalue weighted by atomic mass is 32.2. The molecule has 7 nitrogen and oxygen atoms in total. The maximum absolute atomic E-state index is 14.1. The third-order valence-electron chi connectivity index (χ3n) is 6.52. The van der Waals surface area contributed by atoms with Crippen molar-refractivity contribution in [1.29, 1.82) is 0 Å². The van der Waals surface area contributed by atoms with Gasteiger partial charge in [-0.2, -0.15) is 0 Å². The molecule has 1 saturated heterocycles. The molecule has 8 heteroatoms. The molecule has 0 aromatic heterocycles. The van der Waals surface area contributed by atoms with E-state index in [-0.39, 0.29) is 12.3 Å². The molecule has 2 aromatic rings. The molecule has 0 N–H and O–H groups in total. The van der Waals surface area contributed by atoms with E-state index in [4.69, 9.17) is 14.2 Å². The Balaban J connectivity index is 1.73. The highest BCUT2D eigenvalue weighted by Gasteiger charge is 2.54. The largest absolute Gasteiger partial charge is 0.497 e. The molecule has 2 aromatic carbocycles. The Morgan fingerprint density at radius 3 is 2.41 bits per heavy atom. The van der Waals surface area contributed by atoms with Crippen LogP contribution in [0.3, 0.4) is 0 Å². The van der Waals surface area contributed by atoms with Gasteiger partial charge in [-0.05, 0) is 61.8 Å². The Bertz CT molecular complexity index is 1040. The highest BCUT2D eigenvalue weighted by Crippen LogP contribution is 2.49. The van der Waals surface area contributed by atoms with Crippen LogP contribution in [-0.4, -0.2) is 69.0 Å². The average molecular weight is 485 g/mol. The van der Waals surface area contributed by atoms with Crippen LogP contribution in [0.4, 0.5) is 5.69 Å². The number of nitrogens with zero attached hydrogens (tertiary/aromatic N) is 2. The Morgan fingerprint density at radius 2 is 1.71 bits per heavy atom. The maximum Gasteiger partial charge on any atom is 0.332 e. The van der Waals surface area contributed by atoms with Crippen molar-refractivity contribution in [3.8, 4) is 11.5 Å². The van der Waals surface area contributed by atoms with E-state index >= 15 is 0 Å². The monoisotopic (exact) mass is 484 g/mol. The van der Waals surface area contributed by atoms with E-state index in [1.165, 1.54) is 38.1 Å². The molecule has 34 heavy (non-hydrogen) atoms. The number of ether oxygens (including phenoxy) is 3. The summed E-state index contributed by atoms with van der Waals surface area (Å²) in [5.74, 6) is 0.551. The molecular weight excluding hydrogens is 452 g/mol.